The number of halogens is 2. The first-order valence-corrected chi connectivity index (χ1v) is 11.1. The highest BCUT2D eigenvalue weighted by Gasteiger charge is 2.33. The Bertz CT molecular complexity index is 1040. The van der Waals surface area contributed by atoms with Gasteiger partial charge in [0.2, 0.25) is 0 Å². The van der Waals surface area contributed by atoms with E-state index in [4.69, 9.17) is 21.1 Å². The molecule has 168 valence electrons. The molecule has 1 aliphatic rings. The summed E-state index contributed by atoms with van der Waals surface area (Å²) >= 11 is 6.50. The predicted molar refractivity (Wildman–Crippen MR) is 126 cm³/mol. The maximum absolute atomic E-state index is 13.5. The monoisotopic (exact) mass is 454 g/mol. The Morgan fingerprint density at radius 2 is 1.62 bits per heavy atom. The molecule has 1 aliphatic heterocycles. The van der Waals surface area contributed by atoms with Gasteiger partial charge in [0.05, 0.1) is 20.4 Å². The highest BCUT2D eigenvalue weighted by Crippen LogP contribution is 2.39. The van der Waals surface area contributed by atoms with E-state index in [2.05, 4.69) is 15.9 Å². The molecule has 6 heteroatoms. The first-order chi connectivity index (χ1) is 15.6. The molecule has 0 saturated carbocycles. The van der Waals surface area contributed by atoms with Crippen LogP contribution < -0.4 is 9.47 Å². The lowest BCUT2D eigenvalue weighted by molar-refractivity contribution is -0.0104. The van der Waals surface area contributed by atoms with Crippen LogP contribution in [0.3, 0.4) is 0 Å². The van der Waals surface area contributed by atoms with E-state index in [1.54, 1.807) is 14.2 Å². The Labute approximate surface area is 194 Å². The summed E-state index contributed by atoms with van der Waals surface area (Å²) in [5.74, 6) is 1.37. The highest BCUT2D eigenvalue weighted by molar-refractivity contribution is 6.31. The standard InChI is InChI=1S/C26H28ClFN2O2/c1-31-22-12-13-25(32-2)23(16-22)26-29(17-19-8-10-21(28)11-9-19)14-5-15-30(26)18-20-6-3-4-7-24(20)27/h3-4,6-13,16,26H,5,14-15,17-18H2,1-2H3/t26-/m1/s1. The van der Waals surface area contributed by atoms with Crippen LogP contribution in [0.1, 0.15) is 29.3 Å². The van der Waals surface area contributed by atoms with Crippen LogP contribution in [-0.4, -0.2) is 37.1 Å². The summed E-state index contributed by atoms with van der Waals surface area (Å²) in [5.41, 5.74) is 3.20. The van der Waals surface area contributed by atoms with Gasteiger partial charge in [0, 0.05) is 36.8 Å². The van der Waals surface area contributed by atoms with Gasteiger partial charge in [-0.05, 0) is 53.9 Å². The maximum Gasteiger partial charge on any atom is 0.125 e. The zero-order chi connectivity index (χ0) is 22.5. The van der Waals surface area contributed by atoms with Gasteiger partial charge in [0.15, 0.2) is 0 Å². The van der Waals surface area contributed by atoms with Crippen LogP contribution in [-0.2, 0) is 13.1 Å². The SMILES string of the molecule is COc1ccc(OC)c([C@@H]2N(Cc3ccc(F)cc3)CCCN2Cc2ccccc2Cl)c1. The molecule has 0 spiro atoms. The molecule has 0 bridgehead atoms. The molecular formula is C26H28ClFN2O2. The van der Waals surface area contributed by atoms with Crippen molar-refractivity contribution < 1.29 is 13.9 Å². The Morgan fingerprint density at radius 1 is 0.906 bits per heavy atom. The molecule has 4 nitrogen and oxygen atoms in total. The van der Waals surface area contributed by atoms with Gasteiger partial charge in [0.1, 0.15) is 17.3 Å². The van der Waals surface area contributed by atoms with Gasteiger partial charge in [0.25, 0.3) is 0 Å². The lowest BCUT2D eigenvalue weighted by Gasteiger charge is -2.45. The van der Waals surface area contributed by atoms with Gasteiger partial charge in [-0.25, -0.2) is 4.39 Å². The number of benzene rings is 3. The average Bonchev–Trinajstić information content (AvgIpc) is 2.82. The second-order valence-electron chi connectivity index (χ2n) is 7.99. The summed E-state index contributed by atoms with van der Waals surface area (Å²) in [6.45, 7) is 3.26. The molecule has 4 rings (SSSR count). The van der Waals surface area contributed by atoms with Gasteiger partial charge in [-0.15, -0.1) is 0 Å². The Morgan fingerprint density at radius 3 is 2.31 bits per heavy atom. The number of rotatable bonds is 7. The fourth-order valence-corrected chi connectivity index (χ4v) is 4.58. The zero-order valence-corrected chi connectivity index (χ0v) is 19.2. The molecule has 0 unspecified atom stereocenters. The van der Waals surface area contributed by atoms with Crippen LogP contribution >= 0.6 is 11.6 Å². The molecule has 32 heavy (non-hydrogen) atoms. The van der Waals surface area contributed by atoms with Crippen molar-refractivity contribution in [3.05, 3.63) is 94.3 Å². The molecule has 0 aliphatic carbocycles. The normalized spacial score (nSPS) is 17.3. The molecule has 1 atom stereocenters. The van der Waals surface area contributed by atoms with Crippen molar-refractivity contribution in [1.82, 2.24) is 9.80 Å². The first-order valence-electron chi connectivity index (χ1n) is 10.8. The van der Waals surface area contributed by atoms with Crippen LogP contribution in [0.4, 0.5) is 4.39 Å². The summed E-state index contributed by atoms with van der Waals surface area (Å²) in [4.78, 5) is 4.83. The summed E-state index contributed by atoms with van der Waals surface area (Å²) in [6.07, 6.45) is 0.976. The Hall–Kier alpha value is -2.60. The summed E-state index contributed by atoms with van der Waals surface area (Å²) in [5, 5.41) is 0.763. The third-order valence-corrected chi connectivity index (χ3v) is 6.30. The number of hydrogen-bond acceptors (Lipinski definition) is 4. The van der Waals surface area contributed by atoms with Crippen molar-refractivity contribution in [2.45, 2.75) is 25.7 Å². The zero-order valence-electron chi connectivity index (χ0n) is 18.4. The molecule has 1 heterocycles. The van der Waals surface area contributed by atoms with Crippen molar-refractivity contribution >= 4 is 11.6 Å². The van der Waals surface area contributed by atoms with Crippen molar-refractivity contribution in [2.24, 2.45) is 0 Å². The van der Waals surface area contributed by atoms with Crippen LogP contribution in [0.5, 0.6) is 11.5 Å². The quantitative estimate of drug-likeness (QED) is 0.443. The lowest BCUT2D eigenvalue weighted by atomic mass is 10.0. The smallest absolute Gasteiger partial charge is 0.125 e. The van der Waals surface area contributed by atoms with E-state index in [0.717, 1.165) is 52.7 Å². The maximum atomic E-state index is 13.5. The molecule has 3 aromatic rings. The van der Waals surface area contributed by atoms with Crippen molar-refractivity contribution in [1.29, 1.82) is 0 Å². The minimum atomic E-state index is -0.223. The number of nitrogens with zero attached hydrogens (tertiary/aromatic N) is 2. The number of hydrogen-bond donors (Lipinski definition) is 0. The Kier molecular flexibility index (Phi) is 7.30. The van der Waals surface area contributed by atoms with Crippen molar-refractivity contribution in [2.75, 3.05) is 27.3 Å². The van der Waals surface area contributed by atoms with Crippen LogP contribution in [0.25, 0.3) is 0 Å². The largest absolute Gasteiger partial charge is 0.497 e. The van der Waals surface area contributed by atoms with Crippen LogP contribution in [0, 0.1) is 5.82 Å². The van der Waals surface area contributed by atoms with E-state index in [9.17, 15) is 4.39 Å². The van der Waals surface area contributed by atoms with Gasteiger partial charge in [-0.2, -0.15) is 0 Å². The van der Waals surface area contributed by atoms with E-state index in [1.807, 2.05) is 48.5 Å². The van der Waals surface area contributed by atoms with Crippen molar-refractivity contribution in [3.63, 3.8) is 0 Å². The summed E-state index contributed by atoms with van der Waals surface area (Å²) < 4.78 is 24.7. The Balaban J connectivity index is 1.73. The fourth-order valence-electron chi connectivity index (χ4n) is 4.39. The number of ether oxygens (including phenoxy) is 2. The molecule has 0 aromatic heterocycles. The van der Waals surface area contributed by atoms with E-state index in [-0.39, 0.29) is 12.0 Å². The highest BCUT2D eigenvalue weighted by atomic mass is 35.5. The minimum Gasteiger partial charge on any atom is -0.497 e. The predicted octanol–water partition coefficient (Wildman–Crippen LogP) is 5.90. The fraction of sp³-hybridized carbons (Fsp3) is 0.308. The van der Waals surface area contributed by atoms with E-state index in [1.165, 1.54) is 12.1 Å². The molecule has 1 fully saturated rings. The van der Waals surface area contributed by atoms with E-state index < -0.39 is 0 Å². The minimum absolute atomic E-state index is 0.0462. The second-order valence-corrected chi connectivity index (χ2v) is 8.40. The second kappa shape index (κ2) is 10.3. The molecular weight excluding hydrogens is 427 g/mol. The molecule has 0 radical (unpaired) electrons. The van der Waals surface area contributed by atoms with E-state index >= 15 is 0 Å². The topological polar surface area (TPSA) is 24.9 Å². The summed E-state index contributed by atoms with van der Waals surface area (Å²) in [7, 11) is 3.36. The molecule has 1 saturated heterocycles. The third kappa shape index (κ3) is 5.07. The number of methoxy groups -OCH3 is 2. The van der Waals surface area contributed by atoms with Gasteiger partial charge < -0.3 is 9.47 Å². The third-order valence-electron chi connectivity index (χ3n) is 5.93. The van der Waals surface area contributed by atoms with Gasteiger partial charge in [-0.1, -0.05) is 41.9 Å². The molecule has 0 amide bonds. The van der Waals surface area contributed by atoms with Gasteiger partial charge >= 0.3 is 0 Å². The van der Waals surface area contributed by atoms with Crippen LogP contribution in [0.2, 0.25) is 5.02 Å². The molecule has 0 N–H and O–H groups in total. The lowest BCUT2D eigenvalue weighted by Crippen LogP contribution is -2.47. The van der Waals surface area contributed by atoms with Crippen LogP contribution in [0.15, 0.2) is 66.7 Å². The average molecular weight is 455 g/mol. The van der Waals surface area contributed by atoms with Gasteiger partial charge in [-0.3, -0.25) is 9.80 Å². The first kappa shape index (κ1) is 22.6. The van der Waals surface area contributed by atoms with Crippen molar-refractivity contribution in [3.8, 4) is 11.5 Å². The molecule has 3 aromatic carbocycles. The summed E-state index contributed by atoms with van der Waals surface area (Å²) in [6, 6.07) is 20.6. The van der Waals surface area contributed by atoms with E-state index in [0.29, 0.717) is 13.1 Å².